The maximum Gasteiger partial charge on any atom is 0.235 e. The van der Waals surface area contributed by atoms with E-state index in [0.29, 0.717) is 5.82 Å². The van der Waals surface area contributed by atoms with Gasteiger partial charge >= 0.3 is 0 Å². The van der Waals surface area contributed by atoms with E-state index < -0.39 is 5.41 Å². The first-order valence-corrected chi connectivity index (χ1v) is 10.4. The Hall–Kier alpha value is -3.28. The maximum absolute atomic E-state index is 13.1. The zero-order valence-corrected chi connectivity index (χ0v) is 16.6. The molecule has 152 valence electrons. The van der Waals surface area contributed by atoms with E-state index in [0.717, 1.165) is 72.7 Å². The van der Waals surface area contributed by atoms with E-state index in [-0.39, 0.29) is 12.7 Å². The lowest BCUT2D eigenvalue weighted by Crippen LogP contribution is -2.27. The molecule has 2 aliphatic heterocycles. The van der Waals surface area contributed by atoms with Crippen LogP contribution in [0.15, 0.2) is 59.7 Å². The third-order valence-corrected chi connectivity index (χ3v) is 6.48. The summed E-state index contributed by atoms with van der Waals surface area (Å²) in [5.74, 6) is 3.27. The maximum atomic E-state index is 13.1. The number of aromatic nitrogens is 1. The van der Waals surface area contributed by atoms with Gasteiger partial charge in [-0.1, -0.05) is 11.6 Å². The number of carbonyl (C=O) groups excluding carboxylic acids is 1. The van der Waals surface area contributed by atoms with Crippen LogP contribution in [0.1, 0.15) is 31.2 Å². The quantitative estimate of drug-likeness (QED) is 0.824. The van der Waals surface area contributed by atoms with Gasteiger partial charge in [0.15, 0.2) is 5.76 Å². The van der Waals surface area contributed by atoms with Crippen molar-refractivity contribution in [2.75, 3.05) is 18.7 Å². The number of ether oxygens (including phenoxy) is 3. The first-order valence-electron chi connectivity index (χ1n) is 10.4. The Labute approximate surface area is 174 Å². The van der Waals surface area contributed by atoms with Crippen molar-refractivity contribution in [1.29, 1.82) is 0 Å². The number of allylic oxidation sites excluding steroid dienone is 2. The highest BCUT2D eigenvalue weighted by Gasteiger charge is 2.53. The number of pyridine rings is 1. The van der Waals surface area contributed by atoms with Crippen LogP contribution in [0.25, 0.3) is 11.1 Å². The number of anilines is 1. The normalized spacial score (nSPS) is 20.3. The van der Waals surface area contributed by atoms with Crippen LogP contribution in [0.3, 0.4) is 0 Å². The van der Waals surface area contributed by atoms with Crippen LogP contribution in [0.4, 0.5) is 5.82 Å². The van der Waals surface area contributed by atoms with Crippen LogP contribution in [-0.4, -0.2) is 24.3 Å². The molecule has 1 saturated carbocycles. The average molecular weight is 402 g/mol. The van der Waals surface area contributed by atoms with Crippen molar-refractivity contribution in [3.8, 4) is 16.9 Å². The fourth-order valence-corrected chi connectivity index (χ4v) is 4.55. The molecule has 1 amide bonds. The minimum absolute atomic E-state index is 0.0200. The van der Waals surface area contributed by atoms with Crippen LogP contribution in [0, 0.1) is 5.41 Å². The molecule has 2 aliphatic carbocycles. The summed E-state index contributed by atoms with van der Waals surface area (Å²) in [6, 6.07) is 10.1. The number of amides is 1. The molecule has 0 atom stereocenters. The molecule has 1 N–H and O–H groups in total. The van der Waals surface area contributed by atoms with Gasteiger partial charge in [0.2, 0.25) is 12.7 Å². The molecule has 6 heteroatoms. The second-order valence-corrected chi connectivity index (χ2v) is 8.25. The van der Waals surface area contributed by atoms with Gasteiger partial charge in [-0.15, -0.1) is 0 Å². The van der Waals surface area contributed by atoms with Gasteiger partial charge in [-0.3, -0.25) is 4.79 Å². The number of nitrogens with zero attached hydrogens (tertiary/aromatic N) is 1. The minimum atomic E-state index is -0.426. The SMILES string of the molecule is O=C(Nc1ccc(-c2ccc3c(c2)CCO3)cn1)C1(C2=CC3=C(CC2)OCO3)CC1. The first kappa shape index (κ1) is 17.6. The summed E-state index contributed by atoms with van der Waals surface area (Å²) >= 11 is 0. The molecule has 2 aromatic rings. The Morgan fingerprint density at radius 2 is 1.90 bits per heavy atom. The van der Waals surface area contributed by atoms with Crippen molar-refractivity contribution in [2.24, 2.45) is 5.41 Å². The predicted molar refractivity (Wildman–Crippen MR) is 111 cm³/mol. The number of fused-ring (bicyclic) bond motifs is 1. The Kier molecular flexibility index (Phi) is 3.88. The van der Waals surface area contributed by atoms with E-state index in [1.54, 1.807) is 0 Å². The van der Waals surface area contributed by atoms with E-state index in [2.05, 4.69) is 16.4 Å². The third kappa shape index (κ3) is 2.86. The molecule has 0 radical (unpaired) electrons. The Bertz CT molecular complexity index is 1100. The first-order chi connectivity index (χ1) is 14.7. The number of rotatable bonds is 4. The van der Waals surface area contributed by atoms with Crippen molar-refractivity contribution in [3.05, 3.63) is 65.3 Å². The minimum Gasteiger partial charge on any atom is -0.493 e. The van der Waals surface area contributed by atoms with E-state index in [1.165, 1.54) is 5.56 Å². The average Bonchev–Trinajstić information content (AvgIpc) is 3.23. The van der Waals surface area contributed by atoms with Crippen molar-refractivity contribution < 1.29 is 19.0 Å². The number of nitrogens with one attached hydrogen (secondary N) is 1. The van der Waals surface area contributed by atoms with Gasteiger partial charge in [0.1, 0.15) is 17.3 Å². The number of carbonyl (C=O) groups is 1. The molecular weight excluding hydrogens is 380 g/mol. The summed E-state index contributed by atoms with van der Waals surface area (Å²) in [6.07, 6.45) is 8.13. The third-order valence-electron chi connectivity index (χ3n) is 6.48. The molecule has 1 aromatic carbocycles. The van der Waals surface area contributed by atoms with Crippen LogP contribution in [-0.2, 0) is 20.7 Å². The molecule has 0 unspecified atom stereocenters. The zero-order valence-electron chi connectivity index (χ0n) is 16.6. The predicted octanol–water partition coefficient (Wildman–Crippen LogP) is 4.34. The van der Waals surface area contributed by atoms with Gasteiger partial charge in [-0.25, -0.2) is 4.98 Å². The smallest absolute Gasteiger partial charge is 0.235 e. The van der Waals surface area contributed by atoms with Crippen molar-refractivity contribution >= 4 is 11.7 Å². The number of hydrogen-bond donors (Lipinski definition) is 1. The van der Waals surface area contributed by atoms with Crippen LogP contribution >= 0.6 is 0 Å². The molecule has 3 heterocycles. The molecule has 0 bridgehead atoms. The molecular formula is C24H22N2O4. The second kappa shape index (κ2) is 6.62. The molecule has 1 aromatic heterocycles. The van der Waals surface area contributed by atoms with E-state index >= 15 is 0 Å². The highest BCUT2D eigenvalue weighted by atomic mass is 16.7. The Morgan fingerprint density at radius 3 is 2.73 bits per heavy atom. The molecule has 1 fully saturated rings. The van der Waals surface area contributed by atoms with Crippen molar-refractivity contribution in [3.63, 3.8) is 0 Å². The van der Waals surface area contributed by atoms with E-state index in [4.69, 9.17) is 14.2 Å². The van der Waals surface area contributed by atoms with Gasteiger partial charge < -0.3 is 19.5 Å². The van der Waals surface area contributed by atoms with Gasteiger partial charge in [0.25, 0.3) is 0 Å². The van der Waals surface area contributed by atoms with E-state index in [9.17, 15) is 4.79 Å². The second-order valence-electron chi connectivity index (χ2n) is 8.25. The Morgan fingerprint density at radius 1 is 1.00 bits per heavy atom. The molecule has 4 aliphatic rings. The van der Waals surface area contributed by atoms with Gasteiger partial charge in [-0.05, 0) is 60.7 Å². The summed E-state index contributed by atoms with van der Waals surface area (Å²) < 4.78 is 16.6. The molecule has 30 heavy (non-hydrogen) atoms. The summed E-state index contributed by atoms with van der Waals surface area (Å²) in [7, 11) is 0. The number of benzene rings is 1. The van der Waals surface area contributed by atoms with Gasteiger partial charge in [0, 0.05) is 24.6 Å². The fourth-order valence-electron chi connectivity index (χ4n) is 4.55. The van der Waals surface area contributed by atoms with Crippen LogP contribution in [0.5, 0.6) is 5.75 Å². The molecule has 6 nitrogen and oxygen atoms in total. The molecule has 0 spiro atoms. The standard InChI is InChI=1S/C24H22N2O4/c27-23(24(8-9-24)18-3-5-20-21(12-18)30-14-29-20)26-22-6-2-17(13-25-22)15-1-4-19-16(11-15)7-10-28-19/h1-2,4,6,11-13H,3,5,7-10,14H2,(H,25,26,27). The van der Waals surface area contributed by atoms with Gasteiger partial charge in [0.05, 0.1) is 12.0 Å². The highest BCUT2D eigenvalue weighted by Crippen LogP contribution is 2.55. The zero-order chi connectivity index (χ0) is 20.1. The van der Waals surface area contributed by atoms with Crippen molar-refractivity contribution in [1.82, 2.24) is 4.98 Å². The Balaban J connectivity index is 1.18. The fraction of sp³-hybridized carbons (Fsp3) is 0.333. The lowest BCUT2D eigenvalue weighted by atomic mass is 9.87. The summed E-state index contributed by atoms with van der Waals surface area (Å²) in [6.45, 7) is 1.03. The lowest BCUT2D eigenvalue weighted by molar-refractivity contribution is -0.120. The molecule has 0 saturated heterocycles. The van der Waals surface area contributed by atoms with Crippen molar-refractivity contribution in [2.45, 2.75) is 32.1 Å². The largest absolute Gasteiger partial charge is 0.493 e. The molecule has 6 rings (SSSR count). The van der Waals surface area contributed by atoms with E-state index in [1.807, 2.05) is 36.5 Å². The van der Waals surface area contributed by atoms with Crippen LogP contribution < -0.4 is 10.1 Å². The monoisotopic (exact) mass is 402 g/mol. The topological polar surface area (TPSA) is 69.7 Å². The summed E-state index contributed by atoms with van der Waals surface area (Å²) in [5.41, 5.74) is 4.08. The summed E-state index contributed by atoms with van der Waals surface area (Å²) in [4.78, 5) is 17.6. The lowest BCUT2D eigenvalue weighted by Gasteiger charge is -2.21. The highest BCUT2D eigenvalue weighted by molar-refractivity contribution is 5.99. The van der Waals surface area contributed by atoms with Gasteiger partial charge in [-0.2, -0.15) is 0 Å². The van der Waals surface area contributed by atoms with Crippen LogP contribution in [0.2, 0.25) is 0 Å². The number of hydrogen-bond acceptors (Lipinski definition) is 5. The summed E-state index contributed by atoms with van der Waals surface area (Å²) in [5, 5.41) is 3.02.